The molecule has 1 aromatic rings. The van der Waals surface area contributed by atoms with Gasteiger partial charge in [-0.1, -0.05) is 20.3 Å². The molecule has 1 aromatic carbocycles. The third-order valence-corrected chi connectivity index (χ3v) is 4.63. The molecule has 7 heteroatoms. The van der Waals surface area contributed by atoms with Gasteiger partial charge in [-0.3, -0.25) is 9.69 Å². The number of carboxylic acids is 1. The lowest BCUT2D eigenvalue weighted by molar-refractivity contribution is -0.145. The van der Waals surface area contributed by atoms with E-state index in [1.807, 2.05) is 13.8 Å². The molecule has 1 saturated heterocycles. The van der Waals surface area contributed by atoms with Crippen molar-refractivity contribution >= 4 is 5.97 Å². The standard InChI is InChI=1S/C16H19F2NO4/c1-3-8(2)13(16(20)21)19-6-11-12(7-19)23-15-10(18)5-4-9(17)14(15)22-11/h4-5,8,11-13H,3,6-7H2,1-2H3,(H,20,21)/t8?,11-,12+,13?. The molecule has 23 heavy (non-hydrogen) atoms. The fourth-order valence-electron chi connectivity index (χ4n) is 3.25. The number of fused-ring (bicyclic) bond motifs is 2. The second kappa shape index (κ2) is 5.96. The van der Waals surface area contributed by atoms with E-state index in [0.717, 1.165) is 12.1 Å². The minimum Gasteiger partial charge on any atom is -0.480 e. The molecule has 0 aromatic heterocycles. The second-order valence-electron chi connectivity index (χ2n) is 6.12. The molecule has 0 aliphatic carbocycles. The maximum Gasteiger partial charge on any atom is 0.321 e. The highest BCUT2D eigenvalue weighted by atomic mass is 19.1. The first-order valence-corrected chi connectivity index (χ1v) is 7.70. The van der Waals surface area contributed by atoms with Crippen molar-refractivity contribution in [1.82, 2.24) is 4.90 Å². The van der Waals surface area contributed by atoms with Crippen LogP contribution in [0.4, 0.5) is 8.78 Å². The normalized spacial score (nSPS) is 25.7. The van der Waals surface area contributed by atoms with Gasteiger partial charge in [0.25, 0.3) is 0 Å². The van der Waals surface area contributed by atoms with Gasteiger partial charge in [-0.25, -0.2) is 8.78 Å². The van der Waals surface area contributed by atoms with Crippen molar-refractivity contribution in [2.75, 3.05) is 13.1 Å². The van der Waals surface area contributed by atoms with E-state index in [0.29, 0.717) is 19.5 Å². The fourth-order valence-corrected chi connectivity index (χ4v) is 3.25. The Morgan fingerprint density at radius 3 is 2.13 bits per heavy atom. The summed E-state index contributed by atoms with van der Waals surface area (Å²) in [5.41, 5.74) is 0. The van der Waals surface area contributed by atoms with Crippen LogP contribution in [0, 0.1) is 17.6 Å². The highest BCUT2D eigenvalue weighted by Crippen LogP contribution is 2.40. The first kappa shape index (κ1) is 16.0. The van der Waals surface area contributed by atoms with Gasteiger partial charge in [0.05, 0.1) is 0 Å². The summed E-state index contributed by atoms with van der Waals surface area (Å²) >= 11 is 0. The lowest BCUT2D eigenvalue weighted by Crippen LogP contribution is -2.45. The van der Waals surface area contributed by atoms with Gasteiger partial charge in [0.2, 0.25) is 11.5 Å². The van der Waals surface area contributed by atoms with E-state index in [-0.39, 0.29) is 17.4 Å². The third-order valence-electron chi connectivity index (χ3n) is 4.63. The molecule has 1 fully saturated rings. The van der Waals surface area contributed by atoms with E-state index in [1.54, 1.807) is 4.90 Å². The summed E-state index contributed by atoms with van der Waals surface area (Å²) in [6, 6.07) is 1.31. The number of hydrogen-bond donors (Lipinski definition) is 1. The second-order valence-corrected chi connectivity index (χ2v) is 6.12. The Morgan fingerprint density at radius 1 is 1.26 bits per heavy atom. The smallest absolute Gasteiger partial charge is 0.321 e. The summed E-state index contributed by atoms with van der Waals surface area (Å²) in [6.45, 7) is 4.41. The summed E-state index contributed by atoms with van der Waals surface area (Å²) in [7, 11) is 0. The minimum absolute atomic E-state index is 0.0523. The maximum atomic E-state index is 13.8. The Morgan fingerprint density at radius 2 is 1.74 bits per heavy atom. The molecule has 0 spiro atoms. The number of halogens is 2. The van der Waals surface area contributed by atoms with Crippen LogP contribution in [-0.4, -0.2) is 47.3 Å². The van der Waals surface area contributed by atoms with Crippen molar-refractivity contribution in [2.24, 2.45) is 5.92 Å². The highest BCUT2D eigenvalue weighted by Gasteiger charge is 2.46. The minimum atomic E-state index is -0.909. The molecule has 3 rings (SSSR count). The van der Waals surface area contributed by atoms with E-state index < -0.39 is 35.9 Å². The SMILES string of the molecule is CCC(C)C(C(=O)O)N1C[C@@H]2Oc3c(F)ccc(F)c3O[C@@H]2C1. The van der Waals surface area contributed by atoms with Crippen LogP contribution in [0.1, 0.15) is 20.3 Å². The van der Waals surface area contributed by atoms with Crippen LogP contribution in [0.5, 0.6) is 11.5 Å². The van der Waals surface area contributed by atoms with Gasteiger partial charge in [0.1, 0.15) is 18.2 Å². The topological polar surface area (TPSA) is 59.0 Å². The molecular weight excluding hydrogens is 308 g/mol. The largest absolute Gasteiger partial charge is 0.480 e. The van der Waals surface area contributed by atoms with E-state index in [4.69, 9.17) is 9.47 Å². The average molecular weight is 327 g/mol. The number of likely N-dealkylation sites (tertiary alicyclic amines) is 1. The summed E-state index contributed by atoms with van der Waals surface area (Å²) in [4.78, 5) is 13.3. The first-order chi connectivity index (χ1) is 10.9. The fraction of sp³-hybridized carbons (Fsp3) is 0.562. The molecule has 126 valence electrons. The molecule has 2 unspecified atom stereocenters. The van der Waals surface area contributed by atoms with Gasteiger partial charge in [-0.15, -0.1) is 0 Å². The van der Waals surface area contributed by atoms with E-state index in [9.17, 15) is 18.7 Å². The van der Waals surface area contributed by atoms with Gasteiger partial charge in [0, 0.05) is 13.1 Å². The van der Waals surface area contributed by atoms with Crippen LogP contribution in [0.2, 0.25) is 0 Å². The summed E-state index contributed by atoms with van der Waals surface area (Å²) in [5, 5.41) is 9.49. The number of carboxylic acid groups (broad SMARTS) is 1. The number of hydrogen-bond acceptors (Lipinski definition) is 4. The first-order valence-electron chi connectivity index (χ1n) is 7.70. The molecule has 2 aliphatic rings. The summed E-state index contributed by atoms with van der Waals surface area (Å²) in [5.74, 6) is -2.80. The molecule has 5 nitrogen and oxygen atoms in total. The number of nitrogens with zero attached hydrogens (tertiary/aromatic N) is 1. The van der Waals surface area contributed by atoms with Crippen molar-refractivity contribution in [1.29, 1.82) is 0 Å². The van der Waals surface area contributed by atoms with Crippen molar-refractivity contribution in [3.05, 3.63) is 23.8 Å². The van der Waals surface area contributed by atoms with Crippen LogP contribution in [-0.2, 0) is 4.79 Å². The summed E-state index contributed by atoms with van der Waals surface area (Å²) in [6.07, 6.45) is -0.303. The zero-order valence-electron chi connectivity index (χ0n) is 13.0. The third kappa shape index (κ3) is 2.73. The van der Waals surface area contributed by atoms with Crippen LogP contribution in [0.3, 0.4) is 0 Å². The van der Waals surface area contributed by atoms with Crippen molar-refractivity contribution < 1.29 is 28.2 Å². The van der Waals surface area contributed by atoms with E-state index in [1.165, 1.54) is 0 Å². The molecule has 0 saturated carbocycles. The predicted octanol–water partition coefficient (Wildman–Crippen LogP) is 2.29. The van der Waals surface area contributed by atoms with Crippen LogP contribution >= 0.6 is 0 Å². The zero-order chi connectivity index (χ0) is 16.7. The molecule has 4 atom stereocenters. The summed E-state index contributed by atoms with van der Waals surface area (Å²) < 4.78 is 38.7. The molecule has 2 heterocycles. The Bertz CT molecular complexity index is 585. The number of rotatable bonds is 4. The van der Waals surface area contributed by atoms with E-state index >= 15 is 0 Å². The monoisotopic (exact) mass is 327 g/mol. The van der Waals surface area contributed by atoms with Gasteiger partial charge >= 0.3 is 5.97 Å². The van der Waals surface area contributed by atoms with Gasteiger partial charge in [0.15, 0.2) is 11.6 Å². The number of carbonyl (C=O) groups is 1. The van der Waals surface area contributed by atoms with Gasteiger partial charge < -0.3 is 14.6 Å². The molecule has 0 radical (unpaired) electrons. The van der Waals surface area contributed by atoms with Gasteiger partial charge in [-0.2, -0.15) is 0 Å². The molecular formula is C16H19F2NO4. The van der Waals surface area contributed by atoms with E-state index in [2.05, 4.69) is 0 Å². The Hall–Kier alpha value is -1.89. The Labute approximate surface area is 132 Å². The Kier molecular flexibility index (Phi) is 4.14. The van der Waals surface area contributed by atoms with Crippen LogP contribution in [0.15, 0.2) is 12.1 Å². The highest BCUT2D eigenvalue weighted by molar-refractivity contribution is 5.74. The van der Waals surface area contributed by atoms with Crippen LogP contribution in [0.25, 0.3) is 0 Å². The quantitative estimate of drug-likeness (QED) is 0.919. The van der Waals surface area contributed by atoms with Gasteiger partial charge in [-0.05, 0) is 18.1 Å². The van der Waals surface area contributed by atoms with Crippen LogP contribution < -0.4 is 9.47 Å². The molecule has 0 amide bonds. The lowest BCUT2D eigenvalue weighted by Gasteiger charge is -2.28. The number of ether oxygens (including phenoxy) is 2. The predicted molar refractivity (Wildman–Crippen MR) is 77.6 cm³/mol. The van der Waals surface area contributed by atoms with Crippen molar-refractivity contribution in [3.8, 4) is 11.5 Å². The zero-order valence-corrected chi connectivity index (χ0v) is 13.0. The molecule has 2 aliphatic heterocycles. The average Bonchev–Trinajstić information content (AvgIpc) is 2.91. The van der Waals surface area contributed by atoms with Crippen molar-refractivity contribution in [3.63, 3.8) is 0 Å². The maximum absolute atomic E-state index is 13.8. The van der Waals surface area contributed by atoms with Crippen molar-refractivity contribution in [2.45, 2.75) is 38.5 Å². The lowest BCUT2D eigenvalue weighted by atomic mass is 9.98. The molecule has 0 bridgehead atoms. The number of benzene rings is 1. The molecule has 1 N–H and O–H groups in total. The Balaban J connectivity index is 1.82. The number of aliphatic carboxylic acids is 1.